The van der Waals surface area contributed by atoms with Crippen molar-refractivity contribution in [1.29, 1.82) is 0 Å². The molecule has 0 bridgehead atoms. The van der Waals surface area contributed by atoms with Crippen LogP contribution < -0.4 is 0 Å². The molecule has 0 aromatic carbocycles. The van der Waals surface area contributed by atoms with Crippen LogP contribution in [0.15, 0.2) is 11.6 Å². The lowest BCUT2D eigenvalue weighted by atomic mass is 9.98. The average Bonchev–Trinajstić information content (AvgIpc) is 3.01. The van der Waals surface area contributed by atoms with Gasteiger partial charge in [0.2, 0.25) is 5.91 Å². The summed E-state index contributed by atoms with van der Waals surface area (Å²) in [4.78, 5) is 20.6. The first-order valence-corrected chi connectivity index (χ1v) is 8.02. The van der Waals surface area contributed by atoms with Crippen LogP contribution in [0, 0.1) is 5.92 Å². The van der Waals surface area contributed by atoms with Gasteiger partial charge in [-0.2, -0.15) is 0 Å². The Hall–Kier alpha value is -0.980. The number of amides is 1. The van der Waals surface area contributed by atoms with Crippen molar-refractivity contribution in [3.8, 4) is 0 Å². The molecule has 1 amide bonds. The van der Waals surface area contributed by atoms with Crippen molar-refractivity contribution in [3.05, 3.63) is 16.6 Å². The van der Waals surface area contributed by atoms with Gasteiger partial charge in [0, 0.05) is 63.7 Å². The molecule has 0 radical (unpaired) electrons. The highest BCUT2D eigenvalue weighted by atomic mass is 32.1. The Balaban J connectivity index is 1.41. The third-order valence-corrected chi connectivity index (χ3v) is 5.07. The number of methoxy groups -OCH3 is 1. The monoisotopic (exact) mass is 295 g/mol. The van der Waals surface area contributed by atoms with Crippen LogP contribution in [0.1, 0.15) is 17.3 Å². The zero-order valence-electron chi connectivity index (χ0n) is 11.8. The molecule has 0 N–H and O–H groups in total. The van der Waals surface area contributed by atoms with Crippen molar-refractivity contribution in [2.24, 2.45) is 5.92 Å². The standard InChI is InChI=1S/C14H21N3O2S/c1-19-4-3-17-8-11(6-13(17)18)7-16-9-12(10-16)14-15-2-5-20-14/h2,5,11-12H,3-4,6-10H2,1H3/t11-/m0/s1. The molecule has 2 aliphatic heterocycles. The lowest BCUT2D eigenvalue weighted by Crippen LogP contribution is -2.47. The van der Waals surface area contributed by atoms with E-state index in [-0.39, 0.29) is 5.91 Å². The van der Waals surface area contributed by atoms with Gasteiger partial charge in [-0.05, 0) is 5.92 Å². The van der Waals surface area contributed by atoms with Gasteiger partial charge in [-0.15, -0.1) is 11.3 Å². The molecule has 5 nitrogen and oxygen atoms in total. The largest absolute Gasteiger partial charge is 0.383 e. The number of hydrogen-bond acceptors (Lipinski definition) is 5. The number of hydrogen-bond donors (Lipinski definition) is 0. The van der Waals surface area contributed by atoms with E-state index in [0.717, 1.165) is 32.7 Å². The lowest BCUT2D eigenvalue weighted by Gasteiger charge is -2.39. The predicted octanol–water partition coefficient (Wildman–Crippen LogP) is 1.04. The Morgan fingerprint density at radius 3 is 3.00 bits per heavy atom. The van der Waals surface area contributed by atoms with E-state index in [1.807, 2.05) is 16.5 Å². The number of likely N-dealkylation sites (tertiary alicyclic amines) is 2. The molecular formula is C14H21N3O2S. The van der Waals surface area contributed by atoms with Gasteiger partial charge in [0.05, 0.1) is 11.6 Å². The molecule has 6 heteroatoms. The summed E-state index contributed by atoms with van der Waals surface area (Å²) in [5.74, 6) is 1.37. The highest BCUT2D eigenvalue weighted by Crippen LogP contribution is 2.30. The second kappa shape index (κ2) is 6.20. The summed E-state index contributed by atoms with van der Waals surface area (Å²) in [7, 11) is 1.68. The summed E-state index contributed by atoms with van der Waals surface area (Å²) in [6.45, 7) is 5.48. The molecule has 1 aromatic heterocycles. The maximum absolute atomic E-state index is 11.9. The van der Waals surface area contributed by atoms with Gasteiger partial charge in [0.15, 0.2) is 0 Å². The first kappa shape index (κ1) is 14.0. The van der Waals surface area contributed by atoms with Gasteiger partial charge in [-0.1, -0.05) is 0 Å². The third-order valence-electron chi connectivity index (χ3n) is 4.13. The quantitative estimate of drug-likeness (QED) is 0.786. The Morgan fingerprint density at radius 1 is 1.45 bits per heavy atom. The van der Waals surface area contributed by atoms with Crippen LogP contribution in [-0.2, 0) is 9.53 Å². The number of carbonyl (C=O) groups is 1. The average molecular weight is 295 g/mol. The van der Waals surface area contributed by atoms with E-state index < -0.39 is 0 Å². The minimum Gasteiger partial charge on any atom is -0.383 e. The number of rotatable bonds is 6. The van der Waals surface area contributed by atoms with Crippen LogP contribution in [-0.4, -0.2) is 67.1 Å². The summed E-state index contributed by atoms with van der Waals surface area (Å²) in [6.07, 6.45) is 2.58. The van der Waals surface area contributed by atoms with Crippen molar-refractivity contribution in [3.63, 3.8) is 0 Å². The molecule has 1 aromatic rings. The van der Waals surface area contributed by atoms with Gasteiger partial charge >= 0.3 is 0 Å². The predicted molar refractivity (Wildman–Crippen MR) is 77.9 cm³/mol. The summed E-state index contributed by atoms with van der Waals surface area (Å²) >= 11 is 1.75. The second-order valence-electron chi connectivity index (χ2n) is 5.69. The van der Waals surface area contributed by atoms with Gasteiger partial charge in [0.25, 0.3) is 0 Å². The van der Waals surface area contributed by atoms with Crippen molar-refractivity contribution < 1.29 is 9.53 Å². The molecule has 2 saturated heterocycles. The second-order valence-corrected chi connectivity index (χ2v) is 6.61. The highest BCUT2D eigenvalue weighted by molar-refractivity contribution is 7.09. The fraction of sp³-hybridized carbons (Fsp3) is 0.714. The molecule has 20 heavy (non-hydrogen) atoms. The van der Waals surface area contributed by atoms with Gasteiger partial charge in [-0.25, -0.2) is 4.98 Å². The molecule has 0 aliphatic carbocycles. The Morgan fingerprint density at radius 2 is 2.30 bits per heavy atom. The smallest absolute Gasteiger partial charge is 0.223 e. The molecule has 2 fully saturated rings. The maximum Gasteiger partial charge on any atom is 0.223 e. The minimum absolute atomic E-state index is 0.282. The van der Waals surface area contributed by atoms with Gasteiger partial charge in [-0.3, -0.25) is 4.79 Å². The normalized spacial score (nSPS) is 24.4. The van der Waals surface area contributed by atoms with Crippen LogP contribution in [0.3, 0.4) is 0 Å². The number of carbonyl (C=O) groups excluding carboxylic acids is 1. The van der Waals surface area contributed by atoms with Crippen LogP contribution in [0.2, 0.25) is 0 Å². The molecule has 2 aliphatic rings. The van der Waals surface area contributed by atoms with Crippen LogP contribution in [0.25, 0.3) is 0 Å². The van der Waals surface area contributed by atoms with E-state index in [1.54, 1.807) is 18.4 Å². The topological polar surface area (TPSA) is 45.7 Å². The number of thiazole rings is 1. The molecule has 0 unspecified atom stereocenters. The first-order chi connectivity index (χ1) is 9.76. The minimum atomic E-state index is 0.282. The summed E-state index contributed by atoms with van der Waals surface area (Å²) in [6, 6.07) is 0. The van der Waals surface area contributed by atoms with Crippen LogP contribution in [0.4, 0.5) is 0 Å². The molecule has 110 valence electrons. The van der Waals surface area contributed by atoms with Crippen LogP contribution >= 0.6 is 11.3 Å². The number of aromatic nitrogens is 1. The zero-order valence-corrected chi connectivity index (χ0v) is 12.6. The Bertz CT molecular complexity index is 445. The highest BCUT2D eigenvalue weighted by Gasteiger charge is 2.35. The lowest BCUT2D eigenvalue weighted by molar-refractivity contribution is -0.128. The fourth-order valence-electron chi connectivity index (χ4n) is 3.07. The SMILES string of the molecule is COCCN1C[C@H](CN2CC(c3nccs3)C2)CC1=O. The van der Waals surface area contributed by atoms with E-state index in [0.29, 0.717) is 24.9 Å². The molecule has 0 saturated carbocycles. The van der Waals surface area contributed by atoms with E-state index >= 15 is 0 Å². The van der Waals surface area contributed by atoms with E-state index in [1.165, 1.54) is 5.01 Å². The summed E-state index contributed by atoms with van der Waals surface area (Å²) in [5.41, 5.74) is 0. The molecule has 0 spiro atoms. The number of nitrogens with zero attached hydrogens (tertiary/aromatic N) is 3. The van der Waals surface area contributed by atoms with Gasteiger partial charge in [0.1, 0.15) is 0 Å². The fourth-order valence-corrected chi connectivity index (χ4v) is 3.79. The van der Waals surface area contributed by atoms with Crippen molar-refractivity contribution in [1.82, 2.24) is 14.8 Å². The van der Waals surface area contributed by atoms with Crippen molar-refractivity contribution >= 4 is 17.2 Å². The Labute approximate surface area is 123 Å². The van der Waals surface area contributed by atoms with E-state index in [9.17, 15) is 4.79 Å². The molecule has 3 heterocycles. The van der Waals surface area contributed by atoms with Crippen molar-refractivity contribution in [2.45, 2.75) is 12.3 Å². The van der Waals surface area contributed by atoms with Gasteiger partial charge < -0.3 is 14.5 Å². The maximum atomic E-state index is 11.9. The third kappa shape index (κ3) is 3.02. The molecule has 3 rings (SSSR count). The van der Waals surface area contributed by atoms with Crippen LogP contribution in [0.5, 0.6) is 0 Å². The zero-order chi connectivity index (χ0) is 13.9. The first-order valence-electron chi connectivity index (χ1n) is 7.14. The van der Waals surface area contributed by atoms with Crippen molar-refractivity contribution in [2.75, 3.05) is 46.4 Å². The van der Waals surface area contributed by atoms with E-state index in [4.69, 9.17) is 4.74 Å². The summed E-state index contributed by atoms with van der Waals surface area (Å²) < 4.78 is 5.05. The Kier molecular flexibility index (Phi) is 4.33. The molecular weight excluding hydrogens is 274 g/mol. The summed E-state index contributed by atoms with van der Waals surface area (Å²) in [5, 5.41) is 3.30. The number of ether oxygens (including phenoxy) is 1. The van der Waals surface area contributed by atoms with E-state index in [2.05, 4.69) is 9.88 Å². The molecule has 1 atom stereocenters.